The smallest absolute Gasteiger partial charge is 0.312 e. The Morgan fingerprint density at radius 3 is 2.38 bits per heavy atom. The normalized spacial score (nSPS) is 40.5. The van der Waals surface area contributed by atoms with E-state index in [-0.39, 0.29) is 51.2 Å². The van der Waals surface area contributed by atoms with E-state index in [1.54, 1.807) is 0 Å². The molecule has 5 aliphatic rings. The summed E-state index contributed by atoms with van der Waals surface area (Å²) in [6.07, 6.45) is 12.1. The fourth-order valence-electron chi connectivity index (χ4n) is 9.43. The number of carbonyl (C=O) groups is 3. The Balaban J connectivity index is 1.57. The van der Waals surface area contributed by atoms with Gasteiger partial charge in [0.25, 0.3) is 0 Å². The fourth-order valence-corrected chi connectivity index (χ4v) is 9.43. The third-order valence-electron chi connectivity index (χ3n) is 12.9. The number of rotatable bonds is 6. The molecule has 0 aromatic carbocycles. The summed E-state index contributed by atoms with van der Waals surface area (Å²) in [5, 5.41) is 9.89. The van der Waals surface area contributed by atoms with Gasteiger partial charge < -0.3 is 4.74 Å². The maximum atomic E-state index is 14.2. The summed E-state index contributed by atoms with van der Waals surface area (Å²) in [5.41, 5.74) is -0.538. The SMILES string of the molecule is CCOC(=O)[C@@]1(CCC(C)(C)CC)CC[C@]2(C)[C@@H](C1)C(=O)C=C1[C@@]3(C)C=C(C#N)C(=O)C4(CC4)[C@@H]3CC[C@]12C. The third-order valence-corrected chi connectivity index (χ3v) is 12.9. The highest BCUT2D eigenvalue weighted by Gasteiger charge is 2.71. The van der Waals surface area contributed by atoms with Gasteiger partial charge >= 0.3 is 5.97 Å². The number of nitrogens with zero attached hydrogens (tertiary/aromatic N) is 1. The number of fused-ring (bicyclic) bond motifs is 6. The summed E-state index contributed by atoms with van der Waals surface area (Å²) in [4.78, 5) is 41.0. The molecule has 0 N–H and O–H groups in total. The van der Waals surface area contributed by atoms with Crippen LogP contribution in [-0.2, 0) is 19.1 Å². The quantitative estimate of drug-likeness (QED) is 0.334. The Hall–Kier alpha value is -2.22. The van der Waals surface area contributed by atoms with Gasteiger partial charge in [-0.25, -0.2) is 0 Å². The van der Waals surface area contributed by atoms with Crippen molar-refractivity contribution >= 4 is 17.5 Å². The first-order chi connectivity index (χ1) is 18.2. The van der Waals surface area contributed by atoms with Crippen LogP contribution < -0.4 is 0 Å². The van der Waals surface area contributed by atoms with Crippen molar-refractivity contribution in [2.75, 3.05) is 6.61 Å². The second-order valence-electron chi connectivity index (χ2n) is 15.0. The van der Waals surface area contributed by atoms with E-state index in [0.29, 0.717) is 13.0 Å². The highest BCUT2D eigenvalue weighted by atomic mass is 16.5. The number of ether oxygens (including phenoxy) is 1. The van der Waals surface area contributed by atoms with Crippen LogP contribution >= 0.6 is 0 Å². The summed E-state index contributed by atoms with van der Waals surface area (Å²) in [6.45, 7) is 15.7. The van der Waals surface area contributed by atoms with Crippen LogP contribution in [0.15, 0.2) is 23.3 Å². The minimum atomic E-state index is -0.631. The zero-order valence-corrected chi connectivity index (χ0v) is 25.2. The van der Waals surface area contributed by atoms with Crippen molar-refractivity contribution in [1.82, 2.24) is 0 Å². The van der Waals surface area contributed by atoms with Crippen molar-refractivity contribution in [2.45, 2.75) is 113 Å². The molecule has 212 valence electrons. The molecule has 6 atom stereocenters. The van der Waals surface area contributed by atoms with E-state index in [4.69, 9.17) is 4.74 Å². The molecule has 5 nitrogen and oxygen atoms in total. The Bertz CT molecular complexity index is 1210. The molecule has 39 heavy (non-hydrogen) atoms. The van der Waals surface area contributed by atoms with Gasteiger partial charge in [0.15, 0.2) is 11.6 Å². The summed E-state index contributed by atoms with van der Waals surface area (Å²) in [5.74, 6) is -0.0991. The van der Waals surface area contributed by atoms with Gasteiger partial charge in [0.2, 0.25) is 0 Å². The molecule has 0 heterocycles. The molecule has 5 heteroatoms. The van der Waals surface area contributed by atoms with Gasteiger partial charge in [0.05, 0.1) is 17.6 Å². The topological polar surface area (TPSA) is 84.2 Å². The standard InChI is InChI=1S/C34H47NO4/c1-8-29(3,4)12-14-33(28(38)39-9-2)15-13-31(6)23(20-33)24(36)18-26-30(5)19-22(21-35)27(37)34(16-17-34)25(30)10-11-32(26,31)7/h18-19,23,25H,8-17,20H2,1-7H3/t23-,25+,30-,31+,32+,33-/m0/s1. The first-order valence-electron chi connectivity index (χ1n) is 15.3. The molecule has 0 aromatic rings. The molecule has 0 saturated heterocycles. The van der Waals surface area contributed by atoms with Gasteiger partial charge in [-0.2, -0.15) is 5.26 Å². The van der Waals surface area contributed by atoms with E-state index >= 15 is 0 Å². The van der Waals surface area contributed by atoms with Gasteiger partial charge in [-0.05, 0) is 93.0 Å². The monoisotopic (exact) mass is 533 g/mol. The molecule has 3 fully saturated rings. The van der Waals surface area contributed by atoms with Gasteiger partial charge in [-0.1, -0.05) is 59.6 Å². The summed E-state index contributed by atoms with van der Waals surface area (Å²) >= 11 is 0. The van der Waals surface area contributed by atoms with Crippen LogP contribution in [0.25, 0.3) is 0 Å². The molecule has 0 aliphatic heterocycles. The summed E-state index contributed by atoms with van der Waals surface area (Å²) < 4.78 is 5.68. The molecule has 0 bridgehead atoms. The lowest BCUT2D eigenvalue weighted by Gasteiger charge is -2.65. The number of hydrogen-bond acceptors (Lipinski definition) is 5. The number of Topliss-reactive ketones (excluding diaryl/α,β-unsaturated/α-hetero) is 1. The van der Waals surface area contributed by atoms with E-state index in [1.807, 2.05) is 19.1 Å². The van der Waals surface area contributed by atoms with Crippen molar-refractivity contribution in [2.24, 2.45) is 44.3 Å². The Morgan fingerprint density at radius 2 is 1.79 bits per heavy atom. The number of nitriles is 1. The molecule has 0 radical (unpaired) electrons. The maximum Gasteiger partial charge on any atom is 0.312 e. The Morgan fingerprint density at radius 1 is 1.10 bits per heavy atom. The van der Waals surface area contributed by atoms with E-state index in [9.17, 15) is 19.6 Å². The minimum absolute atomic E-state index is 0.0230. The summed E-state index contributed by atoms with van der Waals surface area (Å²) in [7, 11) is 0. The lowest BCUT2D eigenvalue weighted by molar-refractivity contribution is -0.170. The van der Waals surface area contributed by atoms with Crippen LogP contribution in [0.3, 0.4) is 0 Å². The number of allylic oxidation sites excluding steroid dienone is 4. The fraction of sp³-hybridized carbons (Fsp3) is 0.765. The molecule has 5 aliphatic carbocycles. The molecule has 3 saturated carbocycles. The third kappa shape index (κ3) is 3.79. The zero-order chi connectivity index (χ0) is 28.6. The lowest BCUT2D eigenvalue weighted by Crippen LogP contribution is -2.61. The van der Waals surface area contributed by atoms with Crippen molar-refractivity contribution in [1.29, 1.82) is 5.26 Å². The van der Waals surface area contributed by atoms with Gasteiger partial charge in [-0.3, -0.25) is 14.4 Å². The summed E-state index contributed by atoms with van der Waals surface area (Å²) in [6, 6.07) is 2.21. The largest absolute Gasteiger partial charge is 0.466 e. The van der Waals surface area contributed by atoms with E-state index in [2.05, 4.69) is 47.6 Å². The lowest BCUT2D eigenvalue weighted by atomic mass is 9.37. The van der Waals surface area contributed by atoms with Crippen LogP contribution in [0, 0.1) is 55.7 Å². The van der Waals surface area contributed by atoms with Crippen molar-refractivity contribution in [3.05, 3.63) is 23.3 Å². The average Bonchev–Trinajstić information content (AvgIpc) is 3.69. The van der Waals surface area contributed by atoms with Crippen molar-refractivity contribution in [3.63, 3.8) is 0 Å². The van der Waals surface area contributed by atoms with Crippen LogP contribution in [0.2, 0.25) is 0 Å². The minimum Gasteiger partial charge on any atom is -0.466 e. The van der Waals surface area contributed by atoms with E-state index in [1.165, 1.54) is 0 Å². The van der Waals surface area contributed by atoms with Crippen LogP contribution in [0.1, 0.15) is 113 Å². The van der Waals surface area contributed by atoms with Crippen LogP contribution in [0.5, 0.6) is 0 Å². The first-order valence-corrected chi connectivity index (χ1v) is 15.3. The zero-order valence-electron chi connectivity index (χ0n) is 25.2. The second-order valence-corrected chi connectivity index (χ2v) is 15.0. The van der Waals surface area contributed by atoms with Crippen molar-refractivity contribution < 1.29 is 19.1 Å². The Kier molecular flexibility index (Phi) is 6.45. The predicted molar refractivity (Wildman–Crippen MR) is 150 cm³/mol. The van der Waals surface area contributed by atoms with Gasteiger partial charge in [0, 0.05) is 16.7 Å². The highest BCUT2D eigenvalue weighted by Crippen LogP contribution is 2.75. The number of hydrogen-bond donors (Lipinski definition) is 0. The Labute approximate surface area is 234 Å². The van der Waals surface area contributed by atoms with Gasteiger partial charge in [-0.15, -0.1) is 0 Å². The average molecular weight is 534 g/mol. The van der Waals surface area contributed by atoms with Crippen LogP contribution in [0.4, 0.5) is 0 Å². The van der Waals surface area contributed by atoms with Crippen LogP contribution in [-0.4, -0.2) is 24.1 Å². The predicted octanol–water partition coefficient (Wildman–Crippen LogP) is 7.30. The number of carbonyl (C=O) groups excluding carboxylic acids is 3. The molecule has 1 spiro atoms. The molecule has 0 aromatic heterocycles. The van der Waals surface area contributed by atoms with Gasteiger partial charge in [0.1, 0.15) is 6.07 Å². The first kappa shape index (κ1) is 28.3. The highest BCUT2D eigenvalue weighted by molar-refractivity contribution is 6.06. The number of ketones is 2. The molecular formula is C34H47NO4. The van der Waals surface area contributed by atoms with E-state index in [0.717, 1.165) is 63.4 Å². The van der Waals surface area contributed by atoms with Crippen molar-refractivity contribution in [3.8, 4) is 6.07 Å². The molecular weight excluding hydrogens is 486 g/mol. The maximum absolute atomic E-state index is 14.2. The molecule has 5 rings (SSSR count). The molecule has 0 amide bonds. The second kappa shape index (κ2) is 8.89. The molecule has 0 unspecified atom stereocenters. The van der Waals surface area contributed by atoms with E-state index < -0.39 is 16.2 Å². The number of esters is 1.